The highest BCUT2D eigenvalue weighted by Crippen LogP contribution is 2.43. The van der Waals surface area contributed by atoms with Gasteiger partial charge in [-0.2, -0.15) is 8.42 Å². The van der Waals surface area contributed by atoms with E-state index in [2.05, 4.69) is 0 Å². The van der Waals surface area contributed by atoms with E-state index in [9.17, 15) is 8.42 Å². The molecule has 1 spiro atoms. The minimum Gasteiger partial charge on any atom is -0.344 e. The minimum absolute atomic E-state index is 0.157. The highest BCUT2D eigenvalue weighted by Gasteiger charge is 2.49. The maximum Gasteiger partial charge on any atom is 0.333 e. The second-order valence-corrected chi connectivity index (χ2v) is 7.63. The van der Waals surface area contributed by atoms with Gasteiger partial charge < -0.3 is 9.47 Å². The predicted octanol–water partition coefficient (Wildman–Crippen LogP) is 2.16. The van der Waals surface area contributed by atoms with E-state index in [1.54, 1.807) is 0 Å². The average Bonchev–Trinajstić information content (AvgIpc) is 3.06. The summed E-state index contributed by atoms with van der Waals surface area (Å²) in [6.45, 7) is -0.157. The third-order valence-corrected chi connectivity index (χ3v) is 5.12. The highest BCUT2D eigenvalue weighted by atomic mass is 35.5. The van der Waals surface area contributed by atoms with Gasteiger partial charge in [0.15, 0.2) is 5.79 Å². The van der Waals surface area contributed by atoms with Gasteiger partial charge in [0.1, 0.15) is 6.10 Å². The molecule has 2 fully saturated rings. The highest BCUT2D eigenvalue weighted by molar-refractivity contribution is 7.84. The maximum absolute atomic E-state index is 11.1. The van der Waals surface area contributed by atoms with E-state index in [4.69, 9.17) is 30.4 Å². The molecule has 0 amide bonds. The first kappa shape index (κ1) is 17.1. The molecule has 1 heterocycles. The van der Waals surface area contributed by atoms with Crippen LogP contribution >= 0.6 is 11.6 Å². The van der Waals surface area contributed by atoms with E-state index < -0.39 is 22.2 Å². The Labute approximate surface area is 141 Å². The monoisotopic (exact) mass is 361 g/mol. The van der Waals surface area contributed by atoms with Gasteiger partial charge in [0.2, 0.25) is 0 Å². The Bertz CT molecular complexity index is 660. The molecule has 1 aliphatic heterocycles. The molecule has 1 aromatic carbocycles. The molecule has 2 atom stereocenters. The average molecular weight is 362 g/mol. The van der Waals surface area contributed by atoms with Crippen molar-refractivity contribution < 1.29 is 22.1 Å². The standard InChI is InChI=1S/C15H20ClNO5S/c16-12-6-2-1-5-11(12)9-13-14(10-20-23(17,18)19)22-15(21-13)7-3-4-8-15/h1-2,5-6,13-14H,3-4,7-10H2,(H2,17,18,19)/t13-,14-/m0/s1. The summed E-state index contributed by atoms with van der Waals surface area (Å²) in [5.41, 5.74) is 0.929. The molecule has 128 valence electrons. The molecular weight excluding hydrogens is 342 g/mol. The third-order valence-electron chi connectivity index (χ3n) is 4.29. The number of ether oxygens (including phenoxy) is 2. The SMILES string of the molecule is NS(=O)(=O)OC[C@@H]1OC2(CCCC2)O[C@H]1Cc1ccccc1Cl. The van der Waals surface area contributed by atoms with Gasteiger partial charge in [-0.15, -0.1) is 0 Å². The van der Waals surface area contributed by atoms with Gasteiger partial charge in [-0.3, -0.25) is 4.18 Å². The van der Waals surface area contributed by atoms with Gasteiger partial charge in [0.25, 0.3) is 0 Å². The van der Waals surface area contributed by atoms with Gasteiger partial charge >= 0.3 is 10.3 Å². The van der Waals surface area contributed by atoms with E-state index in [1.165, 1.54) is 0 Å². The first-order chi connectivity index (χ1) is 10.9. The number of hydrogen-bond acceptors (Lipinski definition) is 5. The van der Waals surface area contributed by atoms with Crippen molar-refractivity contribution >= 4 is 21.9 Å². The van der Waals surface area contributed by atoms with Crippen LogP contribution in [0.3, 0.4) is 0 Å². The molecule has 2 aliphatic rings. The van der Waals surface area contributed by atoms with Gasteiger partial charge in [-0.05, 0) is 24.5 Å². The van der Waals surface area contributed by atoms with E-state index in [-0.39, 0.29) is 12.7 Å². The summed E-state index contributed by atoms with van der Waals surface area (Å²) in [5.74, 6) is -0.627. The minimum atomic E-state index is -4.01. The number of hydrogen-bond donors (Lipinski definition) is 1. The van der Waals surface area contributed by atoms with Crippen LogP contribution in [0.4, 0.5) is 0 Å². The summed E-state index contributed by atoms with van der Waals surface area (Å²) in [7, 11) is -4.01. The molecule has 0 aromatic heterocycles. The van der Waals surface area contributed by atoms with Gasteiger partial charge in [-0.1, -0.05) is 29.8 Å². The Balaban J connectivity index is 1.75. The summed E-state index contributed by atoms with van der Waals surface area (Å²) in [4.78, 5) is 0. The van der Waals surface area contributed by atoms with Crippen molar-refractivity contribution in [2.45, 2.75) is 50.1 Å². The molecule has 2 N–H and O–H groups in total. The van der Waals surface area contributed by atoms with E-state index in [0.717, 1.165) is 31.2 Å². The lowest BCUT2D eigenvalue weighted by atomic mass is 10.0. The zero-order chi connectivity index (χ0) is 16.5. The van der Waals surface area contributed by atoms with Crippen molar-refractivity contribution in [1.82, 2.24) is 0 Å². The summed E-state index contributed by atoms with van der Waals surface area (Å²) in [6, 6.07) is 7.49. The second kappa shape index (κ2) is 6.66. The second-order valence-electron chi connectivity index (χ2n) is 6.00. The quantitative estimate of drug-likeness (QED) is 0.868. The van der Waals surface area contributed by atoms with Crippen LogP contribution in [0, 0.1) is 0 Å². The number of benzene rings is 1. The zero-order valence-electron chi connectivity index (χ0n) is 12.6. The summed E-state index contributed by atoms with van der Waals surface area (Å²) < 4.78 is 39.0. The van der Waals surface area contributed by atoms with Crippen molar-refractivity contribution in [3.8, 4) is 0 Å². The molecule has 1 saturated heterocycles. The Morgan fingerprint density at radius 1 is 1.22 bits per heavy atom. The van der Waals surface area contributed by atoms with Crippen LogP contribution in [0.2, 0.25) is 5.02 Å². The zero-order valence-corrected chi connectivity index (χ0v) is 14.2. The summed E-state index contributed by atoms with van der Waals surface area (Å²) in [6.07, 6.45) is 3.37. The predicted molar refractivity (Wildman–Crippen MR) is 85.2 cm³/mol. The van der Waals surface area contributed by atoms with Crippen LogP contribution in [0.1, 0.15) is 31.2 Å². The maximum atomic E-state index is 11.1. The number of halogens is 1. The van der Waals surface area contributed by atoms with Crippen LogP contribution in [-0.4, -0.2) is 33.0 Å². The molecule has 0 unspecified atom stereocenters. The lowest BCUT2D eigenvalue weighted by Crippen LogP contribution is -2.32. The Hall–Kier alpha value is -0.700. The van der Waals surface area contributed by atoms with Crippen molar-refractivity contribution in [1.29, 1.82) is 0 Å². The molecule has 23 heavy (non-hydrogen) atoms. The van der Waals surface area contributed by atoms with Crippen molar-refractivity contribution in [2.24, 2.45) is 5.14 Å². The Morgan fingerprint density at radius 2 is 1.87 bits per heavy atom. The molecule has 1 aromatic rings. The fourth-order valence-electron chi connectivity index (χ4n) is 3.24. The van der Waals surface area contributed by atoms with E-state index in [0.29, 0.717) is 11.4 Å². The molecular formula is C15H20ClNO5S. The first-order valence-corrected chi connectivity index (χ1v) is 9.48. The fourth-order valence-corrected chi connectivity index (χ4v) is 3.77. The Morgan fingerprint density at radius 3 is 2.52 bits per heavy atom. The van der Waals surface area contributed by atoms with Gasteiger partial charge in [0.05, 0.1) is 12.7 Å². The van der Waals surface area contributed by atoms with Gasteiger partial charge in [-0.25, -0.2) is 5.14 Å². The molecule has 3 rings (SSSR count). The molecule has 0 radical (unpaired) electrons. The summed E-state index contributed by atoms with van der Waals surface area (Å²) >= 11 is 6.21. The molecule has 6 nitrogen and oxygen atoms in total. The largest absolute Gasteiger partial charge is 0.344 e. The van der Waals surface area contributed by atoms with Crippen molar-refractivity contribution in [3.05, 3.63) is 34.9 Å². The Kier molecular flexibility index (Phi) is 4.96. The lowest BCUT2D eigenvalue weighted by Gasteiger charge is -2.22. The molecule has 0 bridgehead atoms. The lowest BCUT2D eigenvalue weighted by molar-refractivity contribution is -0.170. The van der Waals surface area contributed by atoms with Crippen molar-refractivity contribution in [2.75, 3.05) is 6.61 Å². The van der Waals surface area contributed by atoms with E-state index >= 15 is 0 Å². The van der Waals surface area contributed by atoms with Crippen LogP contribution in [0.25, 0.3) is 0 Å². The number of rotatable bonds is 5. The molecule has 1 aliphatic carbocycles. The topological polar surface area (TPSA) is 87.9 Å². The first-order valence-electron chi connectivity index (χ1n) is 7.63. The fraction of sp³-hybridized carbons (Fsp3) is 0.600. The van der Waals surface area contributed by atoms with Crippen LogP contribution < -0.4 is 5.14 Å². The van der Waals surface area contributed by atoms with Crippen LogP contribution in [-0.2, 0) is 30.4 Å². The smallest absolute Gasteiger partial charge is 0.333 e. The van der Waals surface area contributed by atoms with E-state index in [1.807, 2.05) is 24.3 Å². The number of nitrogens with two attached hydrogens (primary N) is 1. The summed E-state index contributed by atoms with van der Waals surface area (Å²) in [5, 5.41) is 5.56. The normalized spacial score (nSPS) is 26.9. The van der Waals surface area contributed by atoms with Gasteiger partial charge in [0, 0.05) is 24.3 Å². The van der Waals surface area contributed by atoms with Crippen molar-refractivity contribution in [3.63, 3.8) is 0 Å². The van der Waals surface area contributed by atoms with Crippen LogP contribution in [0.5, 0.6) is 0 Å². The van der Waals surface area contributed by atoms with Crippen LogP contribution in [0.15, 0.2) is 24.3 Å². The molecule has 1 saturated carbocycles. The molecule has 8 heteroatoms. The third kappa shape index (κ3) is 4.23.